The second kappa shape index (κ2) is 11.8. The van der Waals surface area contributed by atoms with E-state index < -0.39 is 10.0 Å². The average molecular weight is 527 g/mol. The Morgan fingerprint density at radius 1 is 0.946 bits per heavy atom. The average Bonchev–Trinajstić information content (AvgIpc) is 2.91. The van der Waals surface area contributed by atoms with Crippen LogP contribution in [-0.4, -0.2) is 80.2 Å². The molecule has 2 amide bonds. The van der Waals surface area contributed by atoms with E-state index in [9.17, 15) is 22.4 Å². The zero-order chi connectivity index (χ0) is 26.4. The first-order valence-corrected chi connectivity index (χ1v) is 13.7. The number of benzene rings is 3. The molecule has 1 aliphatic heterocycles. The molecule has 8 nitrogen and oxygen atoms in total. The van der Waals surface area contributed by atoms with E-state index in [-0.39, 0.29) is 55.3 Å². The van der Waals surface area contributed by atoms with Gasteiger partial charge in [0.25, 0.3) is 0 Å². The van der Waals surface area contributed by atoms with Crippen LogP contribution in [0.4, 0.5) is 4.39 Å². The van der Waals surface area contributed by atoms with Crippen molar-refractivity contribution in [2.75, 3.05) is 45.8 Å². The SMILES string of the molecule is CCN(CC(=O)NCc1ccc(F)cc1)C(=O)CN1CCN(S(=O)(=O)c2ccc3ccccc3c2)CC1. The predicted molar refractivity (Wildman–Crippen MR) is 140 cm³/mol. The van der Waals surface area contributed by atoms with Crippen molar-refractivity contribution in [1.29, 1.82) is 0 Å². The zero-order valence-corrected chi connectivity index (χ0v) is 21.6. The third-order valence-corrected chi connectivity index (χ3v) is 8.42. The molecular weight excluding hydrogens is 495 g/mol. The number of nitrogens with one attached hydrogen (secondary N) is 1. The lowest BCUT2D eigenvalue weighted by molar-refractivity contribution is -0.137. The molecule has 0 atom stereocenters. The lowest BCUT2D eigenvalue weighted by atomic mass is 10.1. The van der Waals surface area contributed by atoms with E-state index in [4.69, 9.17) is 0 Å². The summed E-state index contributed by atoms with van der Waals surface area (Å²) in [5.41, 5.74) is 0.764. The Morgan fingerprint density at radius 3 is 2.30 bits per heavy atom. The standard InChI is InChI=1S/C27H31FN4O4S/c1-2-31(19-26(33)29-18-21-7-10-24(28)11-8-21)27(34)20-30-13-15-32(16-14-30)37(35,36)25-12-9-22-5-3-4-6-23(22)17-25/h3-12,17H,2,13-16,18-20H2,1H3,(H,29,33). The minimum absolute atomic E-state index is 0.0766. The number of rotatable bonds is 9. The molecule has 37 heavy (non-hydrogen) atoms. The Labute approximate surface area is 216 Å². The van der Waals surface area contributed by atoms with Crippen LogP contribution in [0, 0.1) is 5.82 Å². The van der Waals surface area contributed by atoms with Crippen molar-refractivity contribution in [2.24, 2.45) is 0 Å². The highest BCUT2D eigenvalue weighted by Gasteiger charge is 2.30. The Kier molecular flexibility index (Phi) is 8.52. The van der Waals surface area contributed by atoms with Crippen LogP contribution < -0.4 is 5.32 Å². The second-order valence-corrected chi connectivity index (χ2v) is 10.9. The summed E-state index contributed by atoms with van der Waals surface area (Å²) >= 11 is 0. The molecular formula is C27H31FN4O4S. The van der Waals surface area contributed by atoms with Gasteiger partial charge < -0.3 is 10.2 Å². The van der Waals surface area contributed by atoms with Gasteiger partial charge in [-0.2, -0.15) is 4.31 Å². The summed E-state index contributed by atoms with van der Waals surface area (Å²) in [4.78, 5) is 28.8. The first kappa shape index (κ1) is 26.7. The van der Waals surface area contributed by atoms with Gasteiger partial charge in [0.1, 0.15) is 5.82 Å². The molecule has 0 radical (unpaired) electrons. The molecule has 0 saturated carbocycles. The summed E-state index contributed by atoms with van der Waals surface area (Å²) < 4.78 is 40.9. The lowest BCUT2D eigenvalue weighted by Gasteiger charge is -2.34. The first-order chi connectivity index (χ1) is 17.8. The van der Waals surface area contributed by atoms with Crippen LogP contribution in [0.2, 0.25) is 0 Å². The highest BCUT2D eigenvalue weighted by molar-refractivity contribution is 7.89. The fourth-order valence-corrected chi connectivity index (χ4v) is 5.76. The van der Waals surface area contributed by atoms with Crippen molar-refractivity contribution in [3.05, 3.63) is 78.1 Å². The van der Waals surface area contributed by atoms with Crippen LogP contribution in [-0.2, 0) is 26.2 Å². The Morgan fingerprint density at radius 2 is 1.62 bits per heavy atom. The third kappa shape index (κ3) is 6.71. The number of carbonyl (C=O) groups excluding carboxylic acids is 2. The van der Waals surface area contributed by atoms with E-state index in [0.29, 0.717) is 19.6 Å². The molecule has 0 unspecified atom stereocenters. The molecule has 0 spiro atoms. The predicted octanol–water partition coefficient (Wildman–Crippen LogP) is 2.45. The fourth-order valence-electron chi connectivity index (χ4n) is 4.30. The number of hydrogen-bond acceptors (Lipinski definition) is 5. The molecule has 1 fully saturated rings. The van der Waals surface area contributed by atoms with Crippen LogP contribution in [0.15, 0.2) is 71.6 Å². The van der Waals surface area contributed by atoms with Crippen LogP contribution in [0.1, 0.15) is 12.5 Å². The Bertz CT molecular complexity index is 1360. The minimum atomic E-state index is -3.64. The van der Waals surface area contributed by atoms with Gasteiger partial charge in [-0.25, -0.2) is 12.8 Å². The van der Waals surface area contributed by atoms with Crippen LogP contribution in [0.3, 0.4) is 0 Å². The molecule has 10 heteroatoms. The van der Waals surface area contributed by atoms with Gasteiger partial charge in [-0.15, -0.1) is 0 Å². The summed E-state index contributed by atoms with van der Waals surface area (Å²) in [6, 6.07) is 18.6. The molecule has 1 heterocycles. The maximum atomic E-state index is 13.2. The lowest BCUT2D eigenvalue weighted by Crippen LogP contribution is -2.52. The zero-order valence-electron chi connectivity index (χ0n) is 20.8. The number of carbonyl (C=O) groups is 2. The number of hydrogen-bond donors (Lipinski definition) is 1. The van der Waals surface area contributed by atoms with E-state index in [1.54, 1.807) is 31.2 Å². The summed E-state index contributed by atoms with van der Waals surface area (Å²) in [5.74, 6) is -0.832. The van der Waals surface area contributed by atoms with Gasteiger partial charge in [-0.3, -0.25) is 14.5 Å². The van der Waals surface area contributed by atoms with E-state index in [0.717, 1.165) is 16.3 Å². The third-order valence-electron chi connectivity index (χ3n) is 6.52. The van der Waals surface area contributed by atoms with E-state index in [1.165, 1.54) is 21.3 Å². The van der Waals surface area contributed by atoms with Crippen LogP contribution >= 0.6 is 0 Å². The van der Waals surface area contributed by atoms with E-state index >= 15 is 0 Å². The summed E-state index contributed by atoms with van der Waals surface area (Å²) in [5, 5.41) is 4.60. The summed E-state index contributed by atoms with van der Waals surface area (Å²) in [6.07, 6.45) is 0. The summed E-state index contributed by atoms with van der Waals surface area (Å²) in [6.45, 7) is 3.88. The largest absolute Gasteiger partial charge is 0.350 e. The smallest absolute Gasteiger partial charge is 0.243 e. The van der Waals surface area contributed by atoms with Crippen molar-refractivity contribution in [3.63, 3.8) is 0 Å². The number of likely N-dealkylation sites (N-methyl/N-ethyl adjacent to an activating group) is 1. The second-order valence-electron chi connectivity index (χ2n) is 9.00. The maximum absolute atomic E-state index is 13.2. The molecule has 0 bridgehead atoms. The normalized spacial score (nSPS) is 15.0. The topological polar surface area (TPSA) is 90.0 Å². The van der Waals surface area contributed by atoms with Gasteiger partial charge in [0, 0.05) is 39.3 Å². The van der Waals surface area contributed by atoms with Crippen molar-refractivity contribution >= 4 is 32.6 Å². The van der Waals surface area contributed by atoms with Gasteiger partial charge in [0.05, 0.1) is 18.0 Å². The van der Waals surface area contributed by atoms with E-state index in [2.05, 4.69) is 5.32 Å². The maximum Gasteiger partial charge on any atom is 0.243 e. The number of fused-ring (bicyclic) bond motifs is 1. The number of piperazine rings is 1. The van der Waals surface area contributed by atoms with Gasteiger partial charge in [-0.1, -0.05) is 42.5 Å². The van der Waals surface area contributed by atoms with Gasteiger partial charge >= 0.3 is 0 Å². The monoisotopic (exact) mass is 526 g/mol. The molecule has 196 valence electrons. The molecule has 0 aromatic heterocycles. The highest BCUT2D eigenvalue weighted by Crippen LogP contribution is 2.23. The molecule has 1 N–H and O–H groups in total. The molecule has 1 aliphatic rings. The molecule has 0 aliphatic carbocycles. The molecule has 1 saturated heterocycles. The van der Waals surface area contributed by atoms with Crippen LogP contribution in [0.25, 0.3) is 10.8 Å². The number of sulfonamides is 1. The molecule has 4 rings (SSSR count). The van der Waals surface area contributed by atoms with Gasteiger partial charge in [0.2, 0.25) is 21.8 Å². The van der Waals surface area contributed by atoms with Gasteiger partial charge in [0.15, 0.2) is 0 Å². The number of amides is 2. The van der Waals surface area contributed by atoms with Crippen molar-refractivity contribution in [3.8, 4) is 0 Å². The number of halogens is 1. The summed E-state index contributed by atoms with van der Waals surface area (Å²) in [7, 11) is -3.64. The van der Waals surface area contributed by atoms with Crippen molar-refractivity contribution in [1.82, 2.24) is 19.4 Å². The van der Waals surface area contributed by atoms with Gasteiger partial charge in [-0.05, 0) is 47.5 Å². The quantitative estimate of drug-likeness (QED) is 0.463. The number of nitrogens with zero attached hydrogens (tertiary/aromatic N) is 3. The van der Waals surface area contributed by atoms with Crippen molar-refractivity contribution < 1.29 is 22.4 Å². The Hall–Kier alpha value is -3.34. The van der Waals surface area contributed by atoms with Crippen molar-refractivity contribution in [2.45, 2.75) is 18.4 Å². The fraction of sp³-hybridized carbons (Fsp3) is 0.333. The minimum Gasteiger partial charge on any atom is -0.350 e. The highest BCUT2D eigenvalue weighted by atomic mass is 32.2. The van der Waals surface area contributed by atoms with E-state index in [1.807, 2.05) is 35.2 Å². The first-order valence-electron chi connectivity index (χ1n) is 12.3. The molecule has 3 aromatic carbocycles. The Balaban J connectivity index is 1.27. The molecule has 3 aromatic rings. The van der Waals surface area contributed by atoms with Crippen LogP contribution in [0.5, 0.6) is 0 Å².